The minimum Gasteiger partial charge on any atom is -0.493 e. The van der Waals surface area contributed by atoms with E-state index in [9.17, 15) is 19.2 Å². The summed E-state index contributed by atoms with van der Waals surface area (Å²) in [6, 6.07) is 9.40. The zero-order valence-corrected chi connectivity index (χ0v) is 21.3. The fourth-order valence-electron chi connectivity index (χ4n) is 3.83. The Bertz CT molecular complexity index is 1340. The summed E-state index contributed by atoms with van der Waals surface area (Å²) in [7, 11) is 5.53. The first-order chi connectivity index (χ1) is 17.6. The molecule has 1 N–H and O–H groups in total. The average molecular weight is 510 g/mol. The molecule has 2 aromatic rings. The molecule has 0 aromatic heterocycles. The van der Waals surface area contributed by atoms with Crippen molar-refractivity contribution in [2.75, 3.05) is 33.8 Å². The third kappa shape index (κ3) is 5.64. The van der Waals surface area contributed by atoms with Gasteiger partial charge in [-0.1, -0.05) is 6.07 Å². The largest absolute Gasteiger partial charge is 0.493 e. The molecule has 10 nitrogen and oxygen atoms in total. The zero-order valence-electron chi connectivity index (χ0n) is 21.3. The number of hydrogen-bond donors (Lipinski definition) is 1. The van der Waals surface area contributed by atoms with Crippen molar-refractivity contribution in [2.24, 2.45) is 0 Å². The second kappa shape index (κ2) is 11.4. The molecule has 2 aromatic carbocycles. The van der Waals surface area contributed by atoms with Gasteiger partial charge in [-0.2, -0.15) is 0 Å². The number of hydrogen-bond acceptors (Lipinski definition) is 9. The van der Waals surface area contributed by atoms with Crippen LogP contribution in [0.3, 0.4) is 0 Å². The summed E-state index contributed by atoms with van der Waals surface area (Å²) in [6.07, 6.45) is 0.0251. The number of esters is 1. The molecule has 1 amide bonds. The van der Waals surface area contributed by atoms with E-state index >= 15 is 0 Å². The van der Waals surface area contributed by atoms with E-state index in [4.69, 9.17) is 23.7 Å². The van der Waals surface area contributed by atoms with Crippen molar-refractivity contribution in [1.82, 2.24) is 0 Å². The molecule has 194 valence electrons. The van der Waals surface area contributed by atoms with Crippen LogP contribution in [0.15, 0.2) is 59.1 Å². The van der Waals surface area contributed by atoms with E-state index in [-0.39, 0.29) is 40.4 Å². The van der Waals surface area contributed by atoms with Gasteiger partial charge in [0.25, 0.3) is 5.91 Å². The van der Waals surface area contributed by atoms with Gasteiger partial charge in [0.05, 0.1) is 34.0 Å². The molecule has 0 unspecified atom stereocenters. The minimum absolute atomic E-state index is 0.0251. The second-order valence-corrected chi connectivity index (χ2v) is 7.95. The highest BCUT2D eigenvalue weighted by atomic mass is 16.5. The van der Waals surface area contributed by atoms with E-state index in [1.165, 1.54) is 54.4 Å². The standard InChI is InChI=1S/C27H27NO9/c1-14-18(24(31)26(36-6)25(35-5)23(14)30)11-16-7-9-20(37-15(2)29)19(12-16)27(32)28-17-8-10-21(33-3)22(13-17)34-4/h7-10,12-13H,11H2,1-6H3,(H,28,32). The first-order valence-corrected chi connectivity index (χ1v) is 11.1. The molecule has 10 heteroatoms. The predicted molar refractivity (Wildman–Crippen MR) is 133 cm³/mol. The third-order valence-electron chi connectivity index (χ3n) is 5.66. The molecule has 0 spiro atoms. The Labute approximate surface area is 213 Å². The lowest BCUT2D eigenvalue weighted by molar-refractivity contribution is -0.131. The Morgan fingerprint density at radius 3 is 2.00 bits per heavy atom. The molecule has 37 heavy (non-hydrogen) atoms. The van der Waals surface area contributed by atoms with Crippen molar-refractivity contribution < 1.29 is 42.9 Å². The van der Waals surface area contributed by atoms with Crippen molar-refractivity contribution in [3.63, 3.8) is 0 Å². The monoisotopic (exact) mass is 509 g/mol. The van der Waals surface area contributed by atoms with Gasteiger partial charge in [0.15, 0.2) is 11.5 Å². The number of ketones is 2. The van der Waals surface area contributed by atoms with E-state index < -0.39 is 23.4 Å². The van der Waals surface area contributed by atoms with E-state index in [0.717, 1.165) is 0 Å². The number of ether oxygens (including phenoxy) is 5. The molecule has 1 aliphatic carbocycles. The lowest BCUT2D eigenvalue weighted by Crippen LogP contribution is -2.26. The van der Waals surface area contributed by atoms with Crippen LogP contribution in [-0.2, 0) is 30.3 Å². The molecule has 0 saturated carbocycles. The number of carbonyl (C=O) groups is 4. The first kappa shape index (κ1) is 27.0. The van der Waals surface area contributed by atoms with Gasteiger partial charge in [0.2, 0.25) is 23.1 Å². The maximum absolute atomic E-state index is 13.2. The number of nitrogens with one attached hydrogen (secondary N) is 1. The number of benzene rings is 2. The molecule has 0 heterocycles. The van der Waals surface area contributed by atoms with Crippen molar-refractivity contribution in [1.29, 1.82) is 0 Å². The topological polar surface area (TPSA) is 126 Å². The SMILES string of the molecule is COC1=C(OC)C(=O)C(Cc2ccc(OC(C)=O)c(C(=O)Nc3ccc(OC)c(OC)c3)c2)=C(C)C1=O. The van der Waals surface area contributed by atoms with Crippen LogP contribution >= 0.6 is 0 Å². The number of amides is 1. The zero-order chi connectivity index (χ0) is 27.3. The van der Waals surface area contributed by atoms with Crippen LogP contribution in [0.2, 0.25) is 0 Å². The van der Waals surface area contributed by atoms with Crippen LogP contribution in [0.25, 0.3) is 0 Å². The molecular weight excluding hydrogens is 482 g/mol. The van der Waals surface area contributed by atoms with E-state index in [2.05, 4.69) is 5.32 Å². The van der Waals surface area contributed by atoms with E-state index in [1.807, 2.05) is 0 Å². The highest BCUT2D eigenvalue weighted by molar-refractivity contribution is 6.23. The number of rotatable bonds is 9. The highest BCUT2D eigenvalue weighted by Gasteiger charge is 2.34. The van der Waals surface area contributed by atoms with E-state index in [0.29, 0.717) is 22.7 Å². The Hall–Kier alpha value is -4.60. The van der Waals surface area contributed by atoms with Gasteiger partial charge in [-0.15, -0.1) is 0 Å². The summed E-state index contributed by atoms with van der Waals surface area (Å²) < 4.78 is 25.9. The van der Waals surface area contributed by atoms with Crippen molar-refractivity contribution in [3.8, 4) is 17.2 Å². The number of Topliss-reactive ketones (excluding diaryl/α,β-unsaturated/α-hetero) is 2. The maximum Gasteiger partial charge on any atom is 0.308 e. The molecule has 0 radical (unpaired) electrons. The fourth-order valence-corrected chi connectivity index (χ4v) is 3.83. The van der Waals surface area contributed by atoms with Crippen molar-refractivity contribution in [2.45, 2.75) is 20.3 Å². The lowest BCUT2D eigenvalue weighted by atomic mass is 9.88. The molecule has 0 fully saturated rings. The first-order valence-electron chi connectivity index (χ1n) is 11.1. The van der Waals surface area contributed by atoms with Gasteiger partial charge in [0.1, 0.15) is 5.75 Å². The second-order valence-electron chi connectivity index (χ2n) is 7.95. The average Bonchev–Trinajstić information content (AvgIpc) is 2.88. The smallest absolute Gasteiger partial charge is 0.308 e. The Morgan fingerprint density at radius 1 is 0.784 bits per heavy atom. The third-order valence-corrected chi connectivity index (χ3v) is 5.66. The summed E-state index contributed by atoms with van der Waals surface area (Å²) >= 11 is 0. The molecular formula is C27H27NO9. The summed E-state index contributed by atoms with van der Waals surface area (Å²) in [5.74, 6) is -1.54. The van der Waals surface area contributed by atoms with Crippen LogP contribution in [0.4, 0.5) is 5.69 Å². The Morgan fingerprint density at radius 2 is 1.41 bits per heavy atom. The van der Waals surface area contributed by atoms with Gasteiger partial charge in [-0.3, -0.25) is 19.2 Å². The molecule has 0 bridgehead atoms. The lowest BCUT2D eigenvalue weighted by Gasteiger charge is -2.20. The Kier molecular flexibility index (Phi) is 8.33. The summed E-state index contributed by atoms with van der Waals surface area (Å²) in [4.78, 5) is 50.6. The molecule has 0 aliphatic heterocycles. The maximum atomic E-state index is 13.2. The van der Waals surface area contributed by atoms with Crippen LogP contribution in [-0.4, -0.2) is 51.9 Å². The highest BCUT2D eigenvalue weighted by Crippen LogP contribution is 2.32. The fraction of sp³-hybridized carbons (Fsp3) is 0.259. The summed E-state index contributed by atoms with van der Waals surface area (Å²) in [6.45, 7) is 2.75. The normalized spacial score (nSPS) is 13.4. The number of methoxy groups -OCH3 is 4. The molecule has 1 aliphatic rings. The van der Waals surface area contributed by atoms with Gasteiger partial charge in [0, 0.05) is 36.2 Å². The van der Waals surface area contributed by atoms with Crippen LogP contribution in [0.5, 0.6) is 17.2 Å². The van der Waals surface area contributed by atoms with Gasteiger partial charge in [-0.25, -0.2) is 0 Å². The van der Waals surface area contributed by atoms with Gasteiger partial charge >= 0.3 is 5.97 Å². The predicted octanol–water partition coefficient (Wildman–Crippen LogP) is 3.40. The van der Waals surface area contributed by atoms with Crippen LogP contribution in [0, 0.1) is 0 Å². The van der Waals surface area contributed by atoms with E-state index in [1.54, 1.807) is 24.3 Å². The van der Waals surface area contributed by atoms with Crippen LogP contribution < -0.4 is 19.5 Å². The Balaban J connectivity index is 1.97. The molecule has 0 atom stereocenters. The minimum atomic E-state index is -0.610. The van der Waals surface area contributed by atoms with Crippen molar-refractivity contribution in [3.05, 3.63) is 70.2 Å². The van der Waals surface area contributed by atoms with Crippen molar-refractivity contribution >= 4 is 29.1 Å². The molecule has 3 rings (SSSR count). The summed E-state index contributed by atoms with van der Waals surface area (Å²) in [5.41, 5.74) is 1.41. The number of carbonyl (C=O) groups excluding carboxylic acids is 4. The number of anilines is 1. The quantitative estimate of drug-likeness (QED) is 0.307. The van der Waals surface area contributed by atoms with Crippen LogP contribution in [0.1, 0.15) is 29.8 Å². The van der Waals surface area contributed by atoms with Gasteiger partial charge in [-0.05, 0) is 36.8 Å². The summed E-state index contributed by atoms with van der Waals surface area (Å²) in [5, 5.41) is 2.74. The molecule has 0 saturated heterocycles. The van der Waals surface area contributed by atoms with Gasteiger partial charge < -0.3 is 29.0 Å². The number of allylic oxidation sites excluding steroid dienone is 2.